The lowest BCUT2D eigenvalue weighted by atomic mass is 9.96. The number of rotatable bonds is 8. The maximum Gasteiger partial charge on any atom is 0.0236 e. The predicted octanol–water partition coefficient (Wildman–Crippen LogP) is 3.52. The number of nitrogens with two attached hydrogens (primary N) is 1. The molecule has 0 aliphatic carbocycles. The molecular weight excluding hydrogens is 232 g/mol. The SMILES string of the molecule is CC(C)CC(CN)CN(Cc1ccccc1)C(C)C. The summed E-state index contributed by atoms with van der Waals surface area (Å²) >= 11 is 0. The smallest absolute Gasteiger partial charge is 0.0236 e. The highest BCUT2D eigenvalue weighted by Crippen LogP contribution is 2.16. The second-order valence-corrected chi connectivity index (χ2v) is 6.24. The van der Waals surface area contributed by atoms with Gasteiger partial charge in [0.05, 0.1) is 0 Å². The Bertz CT molecular complexity index is 332. The van der Waals surface area contributed by atoms with Crippen molar-refractivity contribution >= 4 is 0 Å². The van der Waals surface area contributed by atoms with E-state index in [4.69, 9.17) is 5.73 Å². The third-order valence-corrected chi connectivity index (χ3v) is 3.59. The summed E-state index contributed by atoms with van der Waals surface area (Å²) in [5.74, 6) is 1.32. The van der Waals surface area contributed by atoms with Gasteiger partial charge in [-0.05, 0) is 44.2 Å². The Morgan fingerprint density at radius 3 is 2.16 bits per heavy atom. The minimum Gasteiger partial charge on any atom is -0.330 e. The number of nitrogens with zero attached hydrogens (tertiary/aromatic N) is 1. The van der Waals surface area contributed by atoms with Gasteiger partial charge in [-0.25, -0.2) is 0 Å². The van der Waals surface area contributed by atoms with Crippen molar-refractivity contribution in [2.45, 2.75) is 46.7 Å². The van der Waals surface area contributed by atoms with Gasteiger partial charge in [0.2, 0.25) is 0 Å². The van der Waals surface area contributed by atoms with E-state index in [-0.39, 0.29) is 0 Å². The van der Waals surface area contributed by atoms with Crippen LogP contribution in [0.15, 0.2) is 30.3 Å². The molecule has 2 N–H and O–H groups in total. The van der Waals surface area contributed by atoms with Gasteiger partial charge in [0.25, 0.3) is 0 Å². The van der Waals surface area contributed by atoms with Crippen molar-refractivity contribution in [1.29, 1.82) is 0 Å². The second kappa shape index (κ2) is 8.34. The van der Waals surface area contributed by atoms with Crippen molar-refractivity contribution < 1.29 is 0 Å². The third kappa shape index (κ3) is 6.22. The highest BCUT2D eigenvalue weighted by molar-refractivity contribution is 5.14. The minimum atomic E-state index is 0.557. The third-order valence-electron chi connectivity index (χ3n) is 3.59. The van der Waals surface area contributed by atoms with Crippen LogP contribution in [0.1, 0.15) is 39.7 Å². The molecule has 1 aromatic carbocycles. The highest BCUT2D eigenvalue weighted by Gasteiger charge is 2.17. The molecule has 1 aromatic rings. The van der Waals surface area contributed by atoms with E-state index in [0.29, 0.717) is 12.0 Å². The topological polar surface area (TPSA) is 29.3 Å². The van der Waals surface area contributed by atoms with Crippen LogP contribution in [0, 0.1) is 11.8 Å². The molecule has 2 nitrogen and oxygen atoms in total. The lowest BCUT2D eigenvalue weighted by molar-refractivity contribution is 0.170. The first-order valence-electron chi connectivity index (χ1n) is 7.51. The first-order chi connectivity index (χ1) is 9.02. The van der Waals surface area contributed by atoms with Crippen LogP contribution in [0.4, 0.5) is 0 Å². The van der Waals surface area contributed by atoms with Gasteiger partial charge in [-0.3, -0.25) is 4.90 Å². The van der Waals surface area contributed by atoms with Gasteiger partial charge in [0, 0.05) is 19.1 Å². The van der Waals surface area contributed by atoms with E-state index in [0.717, 1.165) is 25.6 Å². The molecular formula is C17H30N2. The quantitative estimate of drug-likeness (QED) is 0.776. The zero-order valence-electron chi connectivity index (χ0n) is 13.0. The van der Waals surface area contributed by atoms with E-state index in [9.17, 15) is 0 Å². The molecule has 0 fully saturated rings. The van der Waals surface area contributed by atoms with Crippen molar-refractivity contribution in [3.8, 4) is 0 Å². The summed E-state index contributed by atoms with van der Waals surface area (Å²) in [6, 6.07) is 11.3. The number of benzene rings is 1. The van der Waals surface area contributed by atoms with Gasteiger partial charge in [0.15, 0.2) is 0 Å². The molecule has 0 aliphatic rings. The van der Waals surface area contributed by atoms with Gasteiger partial charge in [-0.1, -0.05) is 44.2 Å². The zero-order chi connectivity index (χ0) is 14.3. The van der Waals surface area contributed by atoms with Crippen LogP contribution >= 0.6 is 0 Å². The maximum atomic E-state index is 5.94. The molecule has 1 atom stereocenters. The van der Waals surface area contributed by atoms with Crippen molar-refractivity contribution in [2.24, 2.45) is 17.6 Å². The molecule has 0 saturated carbocycles. The molecule has 0 aliphatic heterocycles. The molecule has 0 radical (unpaired) electrons. The summed E-state index contributed by atoms with van der Waals surface area (Å²) in [5, 5.41) is 0. The molecule has 108 valence electrons. The Kier molecular flexibility index (Phi) is 7.11. The van der Waals surface area contributed by atoms with E-state index in [1.54, 1.807) is 0 Å². The van der Waals surface area contributed by atoms with Crippen LogP contribution in [0.25, 0.3) is 0 Å². The van der Waals surface area contributed by atoms with E-state index in [1.165, 1.54) is 12.0 Å². The van der Waals surface area contributed by atoms with E-state index >= 15 is 0 Å². The van der Waals surface area contributed by atoms with Gasteiger partial charge in [-0.2, -0.15) is 0 Å². The molecule has 2 heteroatoms. The van der Waals surface area contributed by atoms with Gasteiger partial charge >= 0.3 is 0 Å². The second-order valence-electron chi connectivity index (χ2n) is 6.24. The van der Waals surface area contributed by atoms with E-state index in [2.05, 4.69) is 62.9 Å². The average Bonchev–Trinajstić information content (AvgIpc) is 2.37. The fraction of sp³-hybridized carbons (Fsp3) is 0.647. The van der Waals surface area contributed by atoms with E-state index in [1.807, 2.05) is 0 Å². The van der Waals surface area contributed by atoms with Crippen molar-refractivity contribution in [1.82, 2.24) is 4.90 Å². The predicted molar refractivity (Wildman–Crippen MR) is 84.0 cm³/mol. The first-order valence-corrected chi connectivity index (χ1v) is 7.51. The molecule has 1 rings (SSSR count). The maximum absolute atomic E-state index is 5.94. The van der Waals surface area contributed by atoms with Crippen molar-refractivity contribution in [3.05, 3.63) is 35.9 Å². The van der Waals surface area contributed by atoms with Crippen LogP contribution in [-0.4, -0.2) is 24.0 Å². The average molecular weight is 262 g/mol. The first kappa shape index (κ1) is 16.2. The van der Waals surface area contributed by atoms with Crippen molar-refractivity contribution in [2.75, 3.05) is 13.1 Å². The molecule has 0 aromatic heterocycles. The van der Waals surface area contributed by atoms with Crippen LogP contribution in [-0.2, 0) is 6.54 Å². The summed E-state index contributed by atoms with van der Waals surface area (Å²) in [6.45, 7) is 12.0. The summed E-state index contributed by atoms with van der Waals surface area (Å²) in [7, 11) is 0. The summed E-state index contributed by atoms with van der Waals surface area (Å²) in [4.78, 5) is 2.54. The molecule has 0 saturated heterocycles. The Hall–Kier alpha value is -0.860. The lowest BCUT2D eigenvalue weighted by Gasteiger charge is -2.31. The van der Waals surface area contributed by atoms with Crippen molar-refractivity contribution in [3.63, 3.8) is 0 Å². The monoisotopic (exact) mass is 262 g/mol. The van der Waals surface area contributed by atoms with Gasteiger partial charge in [0.1, 0.15) is 0 Å². The largest absolute Gasteiger partial charge is 0.330 e. The molecule has 0 amide bonds. The van der Waals surface area contributed by atoms with Crippen LogP contribution in [0.5, 0.6) is 0 Å². The summed E-state index contributed by atoms with van der Waals surface area (Å²) < 4.78 is 0. The van der Waals surface area contributed by atoms with Crippen LogP contribution < -0.4 is 5.73 Å². The van der Waals surface area contributed by atoms with Crippen LogP contribution in [0.2, 0.25) is 0 Å². The van der Waals surface area contributed by atoms with E-state index < -0.39 is 0 Å². The molecule has 1 unspecified atom stereocenters. The minimum absolute atomic E-state index is 0.557. The van der Waals surface area contributed by atoms with Gasteiger partial charge < -0.3 is 5.73 Å². The van der Waals surface area contributed by atoms with Crippen LogP contribution in [0.3, 0.4) is 0 Å². The normalized spacial score (nSPS) is 13.5. The Morgan fingerprint density at radius 1 is 1.05 bits per heavy atom. The number of hydrogen-bond donors (Lipinski definition) is 1. The van der Waals surface area contributed by atoms with Gasteiger partial charge in [-0.15, -0.1) is 0 Å². The fourth-order valence-corrected chi connectivity index (χ4v) is 2.52. The fourth-order valence-electron chi connectivity index (χ4n) is 2.52. The lowest BCUT2D eigenvalue weighted by Crippen LogP contribution is -2.37. The highest BCUT2D eigenvalue weighted by atomic mass is 15.1. The Balaban J connectivity index is 2.62. The zero-order valence-corrected chi connectivity index (χ0v) is 13.0. The molecule has 0 spiro atoms. The number of hydrogen-bond acceptors (Lipinski definition) is 2. The summed E-state index contributed by atoms with van der Waals surface area (Å²) in [5.41, 5.74) is 7.32. The Morgan fingerprint density at radius 2 is 1.68 bits per heavy atom. The summed E-state index contributed by atoms with van der Waals surface area (Å²) in [6.07, 6.45) is 1.22. The Labute approximate surface area is 119 Å². The molecule has 0 heterocycles. The standard InChI is InChI=1S/C17H30N2/c1-14(2)10-17(11-18)13-19(15(3)4)12-16-8-6-5-7-9-16/h5-9,14-15,17H,10-13,18H2,1-4H3. The molecule has 0 bridgehead atoms. The molecule has 19 heavy (non-hydrogen) atoms.